The van der Waals surface area contributed by atoms with E-state index in [1.807, 2.05) is 0 Å². The Balaban J connectivity index is 1.83. The van der Waals surface area contributed by atoms with Gasteiger partial charge in [-0.05, 0) is 38.1 Å². The highest BCUT2D eigenvalue weighted by atomic mass is 15.4. The van der Waals surface area contributed by atoms with Crippen LogP contribution in [0.25, 0.3) is 0 Å². The van der Waals surface area contributed by atoms with Gasteiger partial charge in [-0.1, -0.05) is 35.4 Å². The number of aryl methyl sites for hydroxylation is 2. The molecule has 1 saturated heterocycles. The Morgan fingerprint density at radius 1 is 0.700 bits per heavy atom. The Labute approximate surface area is 120 Å². The van der Waals surface area contributed by atoms with Gasteiger partial charge in [-0.15, -0.1) is 0 Å². The molecule has 2 aromatic carbocycles. The van der Waals surface area contributed by atoms with Crippen molar-refractivity contribution < 1.29 is 0 Å². The monoisotopic (exact) mass is 265 g/mol. The summed E-state index contributed by atoms with van der Waals surface area (Å²) in [6, 6.07) is 16.7. The standard InChI is InChI=1S/C17H19N3/c1-13-3-7-15(8-4-13)19-11-12-20(17(19)18)16-9-5-14(2)6-10-16/h3-10,18H,11-12H2,1-2H3. The lowest BCUT2D eigenvalue weighted by Crippen LogP contribution is -2.32. The molecular formula is C17H19N3. The van der Waals surface area contributed by atoms with E-state index in [1.165, 1.54) is 11.1 Å². The molecule has 102 valence electrons. The largest absolute Gasteiger partial charge is 0.311 e. The van der Waals surface area contributed by atoms with Crippen LogP contribution in [-0.4, -0.2) is 19.0 Å². The molecule has 3 heteroatoms. The molecule has 0 aliphatic carbocycles. The second-order valence-electron chi connectivity index (χ2n) is 5.30. The zero-order valence-electron chi connectivity index (χ0n) is 11.9. The summed E-state index contributed by atoms with van der Waals surface area (Å²) >= 11 is 0. The number of hydrogen-bond acceptors (Lipinski definition) is 1. The second kappa shape index (κ2) is 5.00. The summed E-state index contributed by atoms with van der Waals surface area (Å²) in [6.07, 6.45) is 0. The van der Waals surface area contributed by atoms with Crippen LogP contribution in [0.3, 0.4) is 0 Å². The molecule has 0 aromatic heterocycles. The van der Waals surface area contributed by atoms with Crippen LogP contribution in [-0.2, 0) is 0 Å². The van der Waals surface area contributed by atoms with E-state index < -0.39 is 0 Å². The van der Waals surface area contributed by atoms with E-state index in [0.29, 0.717) is 5.96 Å². The summed E-state index contributed by atoms with van der Waals surface area (Å²) in [5.41, 5.74) is 4.68. The summed E-state index contributed by atoms with van der Waals surface area (Å²) in [7, 11) is 0. The minimum Gasteiger partial charge on any atom is -0.311 e. The van der Waals surface area contributed by atoms with Gasteiger partial charge in [0.25, 0.3) is 0 Å². The first kappa shape index (κ1) is 12.7. The van der Waals surface area contributed by atoms with Gasteiger partial charge in [0.2, 0.25) is 5.96 Å². The van der Waals surface area contributed by atoms with Gasteiger partial charge in [0.05, 0.1) is 0 Å². The fraction of sp³-hybridized carbons (Fsp3) is 0.235. The number of anilines is 2. The third-order valence-corrected chi connectivity index (χ3v) is 3.75. The quantitative estimate of drug-likeness (QED) is 0.900. The summed E-state index contributed by atoms with van der Waals surface area (Å²) in [5.74, 6) is 0.553. The van der Waals surface area contributed by atoms with Crippen molar-refractivity contribution in [1.82, 2.24) is 0 Å². The van der Waals surface area contributed by atoms with Gasteiger partial charge < -0.3 is 9.80 Å². The average molecular weight is 265 g/mol. The first-order valence-corrected chi connectivity index (χ1v) is 6.92. The predicted molar refractivity (Wildman–Crippen MR) is 84.8 cm³/mol. The van der Waals surface area contributed by atoms with E-state index in [0.717, 1.165) is 24.5 Å². The fourth-order valence-corrected chi connectivity index (χ4v) is 2.51. The average Bonchev–Trinajstić information content (AvgIpc) is 2.83. The number of rotatable bonds is 2. The molecule has 3 nitrogen and oxygen atoms in total. The zero-order chi connectivity index (χ0) is 14.1. The van der Waals surface area contributed by atoms with Crippen molar-refractivity contribution in [3.8, 4) is 0 Å². The minimum absolute atomic E-state index is 0.553. The maximum absolute atomic E-state index is 8.40. The van der Waals surface area contributed by atoms with Gasteiger partial charge >= 0.3 is 0 Å². The van der Waals surface area contributed by atoms with Crippen molar-refractivity contribution in [1.29, 1.82) is 5.41 Å². The Morgan fingerprint density at radius 2 is 1.05 bits per heavy atom. The van der Waals surface area contributed by atoms with E-state index in [2.05, 4.69) is 72.2 Å². The molecule has 0 amide bonds. The van der Waals surface area contributed by atoms with Crippen molar-refractivity contribution in [2.75, 3.05) is 22.9 Å². The molecule has 0 atom stereocenters. The molecule has 0 saturated carbocycles. The molecule has 0 unspecified atom stereocenters. The van der Waals surface area contributed by atoms with E-state index in [-0.39, 0.29) is 0 Å². The summed E-state index contributed by atoms with van der Waals surface area (Å²) in [4.78, 5) is 4.11. The molecule has 3 rings (SSSR count). The maximum atomic E-state index is 8.40. The lowest BCUT2D eigenvalue weighted by Gasteiger charge is -2.22. The predicted octanol–water partition coefficient (Wildman–Crippen LogP) is 3.56. The van der Waals surface area contributed by atoms with Gasteiger partial charge in [-0.3, -0.25) is 5.41 Å². The molecule has 1 N–H and O–H groups in total. The van der Waals surface area contributed by atoms with Crippen LogP contribution in [0.5, 0.6) is 0 Å². The number of benzene rings is 2. The molecule has 1 aliphatic heterocycles. The third kappa shape index (κ3) is 2.27. The van der Waals surface area contributed by atoms with E-state index in [9.17, 15) is 0 Å². The number of nitrogens with zero attached hydrogens (tertiary/aromatic N) is 2. The first-order valence-electron chi connectivity index (χ1n) is 6.92. The van der Waals surface area contributed by atoms with Crippen molar-refractivity contribution in [2.24, 2.45) is 0 Å². The van der Waals surface area contributed by atoms with Crippen LogP contribution < -0.4 is 9.80 Å². The maximum Gasteiger partial charge on any atom is 0.202 e. The Morgan fingerprint density at radius 3 is 1.40 bits per heavy atom. The highest BCUT2D eigenvalue weighted by Gasteiger charge is 2.27. The van der Waals surface area contributed by atoms with Crippen LogP contribution in [0, 0.1) is 19.3 Å². The number of guanidine groups is 1. The van der Waals surface area contributed by atoms with Gasteiger partial charge in [0.15, 0.2) is 0 Å². The second-order valence-corrected chi connectivity index (χ2v) is 5.30. The smallest absolute Gasteiger partial charge is 0.202 e. The lowest BCUT2D eigenvalue weighted by atomic mass is 10.2. The summed E-state index contributed by atoms with van der Waals surface area (Å²) in [6.45, 7) is 5.88. The van der Waals surface area contributed by atoms with Crippen LogP contribution in [0.2, 0.25) is 0 Å². The minimum atomic E-state index is 0.553. The Hall–Kier alpha value is -2.29. The van der Waals surface area contributed by atoms with Crippen molar-refractivity contribution >= 4 is 17.3 Å². The van der Waals surface area contributed by atoms with Gasteiger partial charge in [-0.2, -0.15) is 0 Å². The van der Waals surface area contributed by atoms with E-state index >= 15 is 0 Å². The van der Waals surface area contributed by atoms with E-state index in [1.54, 1.807) is 0 Å². The lowest BCUT2D eigenvalue weighted by molar-refractivity contribution is 1.02. The summed E-state index contributed by atoms with van der Waals surface area (Å²) < 4.78 is 0. The molecule has 1 aliphatic rings. The van der Waals surface area contributed by atoms with Crippen molar-refractivity contribution in [2.45, 2.75) is 13.8 Å². The molecule has 20 heavy (non-hydrogen) atoms. The fourth-order valence-electron chi connectivity index (χ4n) is 2.51. The van der Waals surface area contributed by atoms with E-state index in [4.69, 9.17) is 5.41 Å². The molecule has 0 radical (unpaired) electrons. The van der Waals surface area contributed by atoms with Crippen LogP contribution in [0.4, 0.5) is 11.4 Å². The van der Waals surface area contributed by atoms with Gasteiger partial charge in [-0.25, -0.2) is 0 Å². The number of nitrogens with one attached hydrogen (secondary N) is 1. The van der Waals surface area contributed by atoms with Gasteiger partial charge in [0.1, 0.15) is 0 Å². The number of hydrogen-bond donors (Lipinski definition) is 1. The Kier molecular flexibility index (Phi) is 3.18. The summed E-state index contributed by atoms with van der Waals surface area (Å²) in [5, 5.41) is 8.40. The molecule has 1 fully saturated rings. The van der Waals surface area contributed by atoms with Crippen LogP contribution >= 0.6 is 0 Å². The van der Waals surface area contributed by atoms with Crippen molar-refractivity contribution in [3.05, 3.63) is 59.7 Å². The van der Waals surface area contributed by atoms with Crippen molar-refractivity contribution in [3.63, 3.8) is 0 Å². The van der Waals surface area contributed by atoms with Gasteiger partial charge in [0, 0.05) is 24.5 Å². The first-order chi connectivity index (χ1) is 9.65. The molecular weight excluding hydrogens is 246 g/mol. The van der Waals surface area contributed by atoms with Crippen LogP contribution in [0.1, 0.15) is 11.1 Å². The highest BCUT2D eigenvalue weighted by molar-refractivity contribution is 6.07. The normalized spacial score (nSPS) is 15.0. The molecule has 0 spiro atoms. The van der Waals surface area contributed by atoms with Crippen LogP contribution in [0.15, 0.2) is 48.5 Å². The zero-order valence-corrected chi connectivity index (χ0v) is 11.9. The molecule has 1 heterocycles. The third-order valence-electron chi connectivity index (χ3n) is 3.75. The molecule has 2 aromatic rings. The Bertz CT molecular complexity index is 558. The topological polar surface area (TPSA) is 30.3 Å². The highest BCUT2D eigenvalue weighted by Crippen LogP contribution is 2.24. The molecule has 0 bridgehead atoms. The SMILES string of the molecule is Cc1ccc(N2CCN(c3ccc(C)cc3)C2=N)cc1.